The first-order chi connectivity index (χ1) is 9.10. The molecule has 0 spiro atoms. The monoisotopic (exact) mass is 317 g/mol. The van der Waals surface area contributed by atoms with Gasteiger partial charge in [0.1, 0.15) is 0 Å². The molecule has 0 saturated heterocycles. The van der Waals surface area contributed by atoms with Gasteiger partial charge in [-0.3, -0.25) is 9.78 Å². The average molecular weight is 318 g/mol. The van der Waals surface area contributed by atoms with E-state index in [0.717, 1.165) is 27.7 Å². The average Bonchev–Trinajstić information content (AvgIpc) is 2.42. The van der Waals surface area contributed by atoms with Gasteiger partial charge in [-0.1, -0.05) is 41.1 Å². The molecule has 1 aromatic carbocycles. The third kappa shape index (κ3) is 3.51. The summed E-state index contributed by atoms with van der Waals surface area (Å²) in [5.41, 5.74) is 3.86. The van der Waals surface area contributed by atoms with Crippen molar-refractivity contribution in [2.75, 3.05) is 0 Å². The molecule has 0 N–H and O–H groups in total. The smallest absolute Gasteiger partial charge is 0.168 e. The van der Waals surface area contributed by atoms with Crippen molar-refractivity contribution in [1.29, 1.82) is 0 Å². The number of benzene rings is 1. The van der Waals surface area contributed by atoms with Gasteiger partial charge < -0.3 is 0 Å². The summed E-state index contributed by atoms with van der Waals surface area (Å²) in [4.78, 5) is 16.5. The first kappa shape index (κ1) is 13.9. The predicted octanol–water partition coefficient (Wildman–Crippen LogP) is 4.14. The van der Waals surface area contributed by atoms with Gasteiger partial charge in [-0.05, 0) is 36.6 Å². The molecule has 98 valence electrons. The van der Waals surface area contributed by atoms with Crippen LogP contribution in [0, 0.1) is 6.92 Å². The lowest BCUT2D eigenvalue weighted by atomic mass is 10.0. The second-order valence-corrected chi connectivity index (χ2v) is 5.43. The van der Waals surface area contributed by atoms with Crippen molar-refractivity contribution in [2.45, 2.75) is 26.7 Å². The Morgan fingerprint density at radius 1 is 1.26 bits per heavy atom. The number of aromatic nitrogens is 1. The van der Waals surface area contributed by atoms with Crippen molar-refractivity contribution in [1.82, 2.24) is 4.98 Å². The van der Waals surface area contributed by atoms with E-state index in [2.05, 4.69) is 27.8 Å². The molecule has 0 atom stereocenters. The number of hydrogen-bond donors (Lipinski definition) is 0. The molecule has 2 nitrogen and oxygen atoms in total. The van der Waals surface area contributed by atoms with E-state index in [4.69, 9.17) is 0 Å². The van der Waals surface area contributed by atoms with Gasteiger partial charge in [-0.2, -0.15) is 0 Å². The van der Waals surface area contributed by atoms with Crippen LogP contribution in [-0.2, 0) is 12.8 Å². The largest absolute Gasteiger partial charge is 0.294 e. The summed E-state index contributed by atoms with van der Waals surface area (Å²) in [6, 6.07) is 9.65. The van der Waals surface area contributed by atoms with E-state index < -0.39 is 0 Å². The number of ketones is 1. The molecule has 3 heteroatoms. The number of pyridine rings is 1. The Labute approximate surface area is 122 Å². The minimum atomic E-state index is 0.0949. The van der Waals surface area contributed by atoms with Crippen molar-refractivity contribution in [3.05, 3.63) is 63.4 Å². The molecule has 2 aromatic rings. The van der Waals surface area contributed by atoms with Gasteiger partial charge in [0.25, 0.3) is 0 Å². The third-order valence-corrected chi connectivity index (χ3v) is 3.98. The maximum atomic E-state index is 12.2. The summed E-state index contributed by atoms with van der Waals surface area (Å²) in [7, 11) is 0. The number of carbonyl (C=O) groups excluding carboxylic acids is 1. The fraction of sp³-hybridized carbons (Fsp3) is 0.250. The lowest BCUT2D eigenvalue weighted by molar-refractivity contribution is 0.0992. The molecule has 0 unspecified atom stereocenters. The predicted molar refractivity (Wildman–Crippen MR) is 80.5 cm³/mol. The fourth-order valence-corrected chi connectivity index (χ4v) is 2.18. The number of carbonyl (C=O) groups is 1. The molecule has 0 aliphatic carbocycles. The van der Waals surface area contributed by atoms with Gasteiger partial charge in [-0.25, -0.2) is 0 Å². The van der Waals surface area contributed by atoms with Crippen LogP contribution < -0.4 is 0 Å². The Balaban J connectivity index is 2.13. The lowest BCUT2D eigenvalue weighted by Gasteiger charge is -2.04. The molecular weight excluding hydrogens is 302 g/mol. The quantitative estimate of drug-likeness (QED) is 0.793. The highest BCUT2D eigenvalue weighted by Gasteiger charge is 2.09. The molecule has 2 rings (SSSR count). The highest BCUT2D eigenvalue weighted by molar-refractivity contribution is 9.10. The Morgan fingerprint density at radius 3 is 2.63 bits per heavy atom. The zero-order valence-corrected chi connectivity index (χ0v) is 12.7. The Morgan fingerprint density at radius 2 is 2.05 bits per heavy atom. The van der Waals surface area contributed by atoms with Crippen LogP contribution >= 0.6 is 15.9 Å². The van der Waals surface area contributed by atoms with E-state index in [9.17, 15) is 4.79 Å². The van der Waals surface area contributed by atoms with Crippen molar-refractivity contribution >= 4 is 21.7 Å². The molecule has 1 heterocycles. The van der Waals surface area contributed by atoms with E-state index in [1.807, 2.05) is 43.5 Å². The molecule has 0 aliphatic rings. The minimum absolute atomic E-state index is 0.0949. The second-order valence-electron chi connectivity index (χ2n) is 4.58. The summed E-state index contributed by atoms with van der Waals surface area (Å²) in [5, 5.41) is 0. The lowest BCUT2D eigenvalue weighted by Crippen LogP contribution is -2.05. The van der Waals surface area contributed by atoms with Crippen molar-refractivity contribution in [3.63, 3.8) is 0 Å². The minimum Gasteiger partial charge on any atom is -0.294 e. The van der Waals surface area contributed by atoms with Gasteiger partial charge in [0, 0.05) is 21.9 Å². The van der Waals surface area contributed by atoms with Crippen LogP contribution in [0.4, 0.5) is 0 Å². The normalized spacial score (nSPS) is 10.5. The number of nitrogens with zero attached hydrogens (tertiary/aromatic N) is 1. The molecule has 1 aromatic heterocycles. The Bertz CT molecular complexity index is 590. The maximum absolute atomic E-state index is 12.2. The van der Waals surface area contributed by atoms with Gasteiger partial charge in [0.15, 0.2) is 5.78 Å². The molecule has 0 fully saturated rings. The fourth-order valence-electron chi connectivity index (χ4n) is 1.80. The van der Waals surface area contributed by atoms with Crippen LogP contribution in [0.5, 0.6) is 0 Å². The van der Waals surface area contributed by atoms with Crippen molar-refractivity contribution < 1.29 is 4.79 Å². The van der Waals surface area contributed by atoms with Gasteiger partial charge in [-0.15, -0.1) is 0 Å². The SMILES string of the molecule is CCc1ccc(CC(=O)c2ccc(C)c(Br)c2)nc1. The van der Waals surface area contributed by atoms with Gasteiger partial charge in [0.05, 0.1) is 6.42 Å². The van der Waals surface area contributed by atoms with Gasteiger partial charge >= 0.3 is 0 Å². The van der Waals surface area contributed by atoms with Crippen LogP contribution in [0.1, 0.15) is 34.1 Å². The van der Waals surface area contributed by atoms with Crippen LogP contribution in [0.25, 0.3) is 0 Å². The molecule has 0 bridgehead atoms. The highest BCUT2D eigenvalue weighted by Crippen LogP contribution is 2.18. The summed E-state index contributed by atoms with van der Waals surface area (Å²) < 4.78 is 0.965. The first-order valence-electron chi connectivity index (χ1n) is 6.33. The van der Waals surface area contributed by atoms with E-state index in [1.54, 1.807) is 0 Å². The number of rotatable bonds is 4. The van der Waals surface area contributed by atoms with Crippen molar-refractivity contribution in [2.24, 2.45) is 0 Å². The van der Waals surface area contributed by atoms with Crippen LogP contribution in [0.3, 0.4) is 0 Å². The number of hydrogen-bond acceptors (Lipinski definition) is 2. The standard InChI is InChI=1S/C16H16BrNO/c1-3-12-5-7-14(18-10-12)9-16(19)13-6-4-11(2)15(17)8-13/h4-8,10H,3,9H2,1-2H3. The molecule has 0 amide bonds. The van der Waals surface area contributed by atoms with Crippen LogP contribution in [0.2, 0.25) is 0 Å². The van der Waals surface area contributed by atoms with E-state index >= 15 is 0 Å². The summed E-state index contributed by atoms with van der Waals surface area (Å²) in [5.74, 6) is 0.0949. The van der Waals surface area contributed by atoms with E-state index in [0.29, 0.717) is 6.42 Å². The van der Waals surface area contributed by atoms with Crippen LogP contribution in [0.15, 0.2) is 41.0 Å². The van der Waals surface area contributed by atoms with Gasteiger partial charge in [0.2, 0.25) is 0 Å². The topological polar surface area (TPSA) is 30.0 Å². The first-order valence-corrected chi connectivity index (χ1v) is 7.12. The molecule has 0 aliphatic heterocycles. The molecule has 0 saturated carbocycles. The third-order valence-electron chi connectivity index (χ3n) is 3.13. The van der Waals surface area contributed by atoms with E-state index in [-0.39, 0.29) is 5.78 Å². The maximum Gasteiger partial charge on any atom is 0.168 e. The number of halogens is 1. The zero-order chi connectivity index (χ0) is 13.8. The number of Topliss-reactive ketones (excluding diaryl/α,β-unsaturated/α-hetero) is 1. The van der Waals surface area contributed by atoms with Crippen LogP contribution in [-0.4, -0.2) is 10.8 Å². The molecule has 0 radical (unpaired) electrons. The van der Waals surface area contributed by atoms with Crippen molar-refractivity contribution in [3.8, 4) is 0 Å². The van der Waals surface area contributed by atoms with E-state index in [1.165, 1.54) is 5.56 Å². The summed E-state index contributed by atoms with van der Waals surface area (Å²) in [6.45, 7) is 4.09. The summed E-state index contributed by atoms with van der Waals surface area (Å²) >= 11 is 3.45. The zero-order valence-electron chi connectivity index (χ0n) is 11.1. The number of aryl methyl sites for hydroxylation is 2. The second kappa shape index (κ2) is 6.11. The Hall–Kier alpha value is -1.48. The molecule has 19 heavy (non-hydrogen) atoms. The highest BCUT2D eigenvalue weighted by atomic mass is 79.9. The Kier molecular flexibility index (Phi) is 4.48. The summed E-state index contributed by atoms with van der Waals surface area (Å²) in [6.07, 6.45) is 3.15. The molecular formula is C16H16BrNO.